The predicted octanol–water partition coefficient (Wildman–Crippen LogP) is 26.8. The standard InChI is InChI=1S/C87H170O17P2/c1-6-9-12-15-18-21-23-25-27-29-31-33-35-37-39-41-43-45-51-56-61-66-71-85(90)98-77-83(103-86(91)72-67-62-57-52-46-44-42-40-38-36-34-32-30-28-26-24-22-19-16-13-10-7-2)79-102-106(95,96)100-75-81(88)74-99-105(93,94)101-78-82(76-97-84(89)70-65-60-55-49-20-17-14-11-8-3)104-87(92)73-68-63-58-53-48-47-50-54-59-64-69-80(4)5/h80-83,88H,6-79H2,1-5H3,(H,93,94)(H,95,96)/t81-,82+,83+/m0/s1. The Kier molecular flexibility index (Phi) is 78.2. The van der Waals surface area contributed by atoms with Gasteiger partial charge in [0.25, 0.3) is 0 Å². The summed E-state index contributed by atoms with van der Waals surface area (Å²) in [7, 11) is -9.92. The number of aliphatic hydroxyl groups is 1. The largest absolute Gasteiger partial charge is 0.472 e. The molecule has 0 aromatic heterocycles. The number of carbonyl (C=O) groups is 4. The Bertz CT molecular complexity index is 2010. The summed E-state index contributed by atoms with van der Waals surface area (Å²) < 4.78 is 68.8. The van der Waals surface area contributed by atoms with Gasteiger partial charge in [0.2, 0.25) is 0 Å². The fourth-order valence-electron chi connectivity index (χ4n) is 13.6. The molecule has 0 heterocycles. The summed E-state index contributed by atoms with van der Waals surface area (Å²) in [4.78, 5) is 73.1. The number of ether oxygens (including phenoxy) is 4. The molecule has 17 nitrogen and oxygen atoms in total. The smallest absolute Gasteiger partial charge is 0.462 e. The van der Waals surface area contributed by atoms with E-state index in [0.717, 1.165) is 95.8 Å². The Morgan fingerprint density at radius 2 is 0.434 bits per heavy atom. The topological polar surface area (TPSA) is 237 Å². The molecule has 0 aliphatic rings. The second-order valence-corrected chi connectivity index (χ2v) is 34.7. The van der Waals surface area contributed by atoms with Gasteiger partial charge in [-0.3, -0.25) is 37.3 Å². The summed E-state index contributed by atoms with van der Waals surface area (Å²) in [6.45, 7) is 7.33. The summed E-state index contributed by atoms with van der Waals surface area (Å²) in [5.41, 5.74) is 0. The molecule has 0 rings (SSSR count). The van der Waals surface area contributed by atoms with Crippen molar-refractivity contribution in [3.63, 3.8) is 0 Å². The number of rotatable bonds is 87. The van der Waals surface area contributed by atoms with Crippen molar-refractivity contribution < 1.29 is 80.2 Å². The van der Waals surface area contributed by atoms with E-state index < -0.39 is 97.5 Å². The Labute approximate surface area is 651 Å². The van der Waals surface area contributed by atoms with Crippen molar-refractivity contribution in [1.82, 2.24) is 0 Å². The summed E-state index contributed by atoms with van der Waals surface area (Å²) in [5.74, 6) is -1.35. The number of phosphoric ester groups is 2. The van der Waals surface area contributed by atoms with Crippen LogP contribution in [0.4, 0.5) is 0 Å². The summed E-state index contributed by atoms with van der Waals surface area (Å²) in [6, 6.07) is 0. The van der Waals surface area contributed by atoms with Crippen LogP contribution < -0.4 is 0 Å². The zero-order chi connectivity index (χ0) is 77.6. The van der Waals surface area contributed by atoms with Gasteiger partial charge in [0.1, 0.15) is 19.3 Å². The van der Waals surface area contributed by atoms with E-state index in [1.807, 2.05) is 0 Å². The summed E-state index contributed by atoms with van der Waals surface area (Å²) in [6.07, 6.45) is 73.9. The van der Waals surface area contributed by atoms with Crippen LogP contribution >= 0.6 is 15.6 Å². The van der Waals surface area contributed by atoms with Gasteiger partial charge in [-0.25, -0.2) is 9.13 Å². The van der Waals surface area contributed by atoms with Crippen molar-refractivity contribution in [3.05, 3.63) is 0 Å². The van der Waals surface area contributed by atoms with E-state index in [2.05, 4.69) is 34.6 Å². The second-order valence-electron chi connectivity index (χ2n) is 31.8. The lowest BCUT2D eigenvalue weighted by atomic mass is 10.0. The number of aliphatic hydroxyl groups excluding tert-OH is 1. The molecule has 0 amide bonds. The number of phosphoric acid groups is 2. The van der Waals surface area contributed by atoms with Gasteiger partial charge < -0.3 is 33.8 Å². The van der Waals surface area contributed by atoms with Crippen LogP contribution in [0.1, 0.15) is 471 Å². The van der Waals surface area contributed by atoms with Gasteiger partial charge in [-0.05, 0) is 31.6 Å². The van der Waals surface area contributed by atoms with E-state index in [1.165, 1.54) is 295 Å². The fraction of sp³-hybridized carbons (Fsp3) is 0.954. The first-order chi connectivity index (χ1) is 51.5. The maximum atomic E-state index is 13.2. The molecule has 0 fully saturated rings. The van der Waals surface area contributed by atoms with Gasteiger partial charge in [-0.15, -0.1) is 0 Å². The highest BCUT2D eigenvalue weighted by Gasteiger charge is 2.30. The molecule has 2 unspecified atom stereocenters. The maximum absolute atomic E-state index is 13.2. The first kappa shape index (κ1) is 104. The maximum Gasteiger partial charge on any atom is 0.472 e. The molecule has 3 N–H and O–H groups in total. The van der Waals surface area contributed by atoms with Crippen LogP contribution in [-0.4, -0.2) is 96.7 Å². The van der Waals surface area contributed by atoms with Crippen molar-refractivity contribution in [2.75, 3.05) is 39.6 Å². The van der Waals surface area contributed by atoms with Crippen molar-refractivity contribution in [1.29, 1.82) is 0 Å². The van der Waals surface area contributed by atoms with Gasteiger partial charge in [0.15, 0.2) is 12.2 Å². The summed E-state index contributed by atoms with van der Waals surface area (Å²) in [5, 5.41) is 10.7. The van der Waals surface area contributed by atoms with Gasteiger partial charge in [-0.1, -0.05) is 420 Å². The van der Waals surface area contributed by atoms with E-state index in [1.54, 1.807) is 0 Å². The zero-order valence-electron chi connectivity index (χ0n) is 69.6. The summed E-state index contributed by atoms with van der Waals surface area (Å²) >= 11 is 0. The molecule has 0 aromatic carbocycles. The third-order valence-corrected chi connectivity index (χ3v) is 22.4. The van der Waals surface area contributed by atoms with E-state index in [9.17, 15) is 43.2 Å². The monoisotopic (exact) mass is 1550 g/mol. The van der Waals surface area contributed by atoms with Crippen molar-refractivity contribution in [3.8, 4) is 0 Å². The molecule has 0 aliphatic heterocycles. The van der Waals surface area contributed by atoms with Crippen LogP contribution in [0.3, 0.4) is 0 Å². The first-order valence-corrected chi connectivity index (χ1v) is 48.1. The van der Waals surface area contributed by atoms with Crippen LogP contribution in [0.25, 0.3) is 0 Å². The fourth-order valence-corrected chi connectivity index (χ4v) is 15.2. The molecule has 0 saturated heterocycles. The number of hydrogen-bond acceptors (Lipinski definition) is 15. The minimum Gasteiger partial charge on any atom is -0.462 e. The Morgan fingerprint density at radius 1 is 0.255 bits per heavy atom. The number of hydrogen-bond donors (Lipinski definition) is 3. The Hall–Kier alpha value is -1.94. The minimum atomic E-state index is -4.97. The lowest BCUT2D eigenvalue weighted by Crippen LogP contribution is -2.30. The van der Waals surface area contributed by atoms with Crippen LogP contribution in [0.5, 0.6) is 0 Å². The molecule has 0 aromatic rings. The Morgan fingerprint density at radius 3 is 0.642 bits per heavy atom. The third-order valence-electron chi connectivity index (χ3n) is 20.5. The number of unbranched alkanes of at least 4 members (excludes halogenated alkanes) is 59. The highest BCUT2D eigenvalue weighted by Crippen LogP contribution is 2.45. The molecule has 0 saturated carbocycles. The molecule has 5 atom stereocenters. The van der Waals surface area contributed by atoms with Gasteiger partial charge in [-0.2, -0.15) is 0 Å². The van der Waals surface area contributed by atoms with Crippen molar-refractivity contribution in [2.45, 2.75) is 490 Å². The predicted molar refractivity (Wildman–Crippen MR) is 437 cm³/mol. The molecule has 0 radical (unpaired) electrons. The SMILES string of the molecule is CCCCCCCCCCCCCCCCCCCCCCCCC(=O)OC[C@H](COP(=O)(O)OC[C@@H](O)COP(=O)(O)OC[C@@H](COC(=O)CCCCCCCCCCC)OC(=O)CCCCCCCCCCCCC(C)C)OC(=O)CCCCCCCCCCCCCCCCCCCCCCCC. The van der Waals surface area contributed by atoms with E-state index in [0.29, 0.717) is 25.7 Å². The number of carbonyl (C=O) groups excluding carboxylic acids is 4. The lowest BCUT2D eigenvalue weighted by Gasteiger charge is -2.21. The van der Waals surface area contributed by atoms with Crippen LogP contribution in [0.2, 0.25) is 0 Å². The van der Waals surface area contributed by atoms with Gasteiger partial charge >= 0.3 is 39.5 Å². The molecule has 0 spiro atoms. The molecular weight excluding hydrogens is 1380 g/mol. The van der Waals surface area contributed by atoms with Gasteiger partial charge in [0.05, 0.1) is 26.4 Å². The molecule has 106 heavy (non-hydrogen) atoms. The molecule has 19 heteroatoms. The van der Waals surface area contributed by atoms with Crippen LogP contribution in [-0.2, 0) is 65.4 Å². The average Bonchev–Trinajstić information content (AvgIpc) is 0.918. The number of esters is 4. The van der Waals surface area contributed by atoms with Crippen LogP contribution in [0, 0.1) is 5.92 Å². The average molecular weight is 1550 g/mol. The van der Waals surface area contributed by atoms with Crippen molar-refractivity contribution in [2.24, 2.45) is 5.92 Å². The van der Waals surface area contributed by atoms with Crippen molar-refractivity contribution >= 4 is 39.5 Å². The zero-order valence-corrected chi connectivity index (χ0v) is 71.4. The second kappa shape index (κ2) is 79.7. The molecule has 0 aliphatic carbocycles. The van der Waals surface area contributed by atoms with E-state index in [4.69, 9.17) is 37.0 Å². The Balaban J connectivity index is 5.17. The molecular formula is C87H170O17P2. The molecule has 630 valence electrons. The quantitative estimate of drug-likeness (QED) is 0.0222. The highest BCUT2D eigenvalue weighted by atomic mass is 31.2. The highest BCUT2D eigenvalue weighted by molar-refractivity contribution is 7.47. The normalized spacial score (nSPS) is 13.7. The van der Waals surface area contributed by atoms with Crippen LogP contribution in [0.15, 0.2) is 0 Å². The first-order valence-electron chi connectivity index (χ1n) is 45.1. The van der Waals surface area contributed by atoms with E-state index in [-0.39, 0.29) is 25.7 Å². The third kappa shape index (κ3) is 80.1. The lowest BCUT2D eigenvalue weighted by molar-refractivity contribution is -0.161. The van der Waals surface area contributed by atoms with Gasteiger partial charge in [0, 0.05) is 25.7 Å². The molecule has 0 bridgehead atoms. The minimum absolute atomic E-state index is 0.106. The van der Waals surface area contributed by atoms with E-state index >= 15 is 0 Å².